The van der Waals surface area contributed by atoms with Crippen LogP contribution in [0.2, 0.25) is 0 Å². The van der Waals surface area contributed by atoms with Crippen LogP contribution >= 0.6 is 6.64 Å². The van der Waals surface area contributed by atoms with Crippen molar-refractivity contribution in [2.75, 3.05) is 6.61 Å². The van der Waals surface area contributed by atoms with Gasteiger partial charge in [-0.15, -0.1) is 0 Å². The van der Waals surface area contributed by atoms with Crippen molar-refractivity contribution in [1.29, 1.82) is 0 Å². The van der Waals surface area contributed by atoms with E-state index in [4.69, 9.17) is 35.9 Å². The van der Waals surface area contributed by atoms with Crippen molar-refractivity contribution in [3.05, 3.63) is 53.1 Å². The third-order valence-corrected chi connectivity index (χ3v) is 7.88. The third kappa shape index (κ3) is 6.97. The third-order valence-electron chi connectivity index (χ3n) is 5.41. The van der Waals surface area contributed by atoms with E-state index in [1.165, 1.54) is 19.1 Å². The number of azide groups is 1. The van der Waals surface area contributed by atoms with Crippen molar-refractivity contribution < 1.29 is 46.8 Å². The van der Waals surface area contributed by atoms with E-state index in [1.807, 2.05) is 0 Å². The fourth-order valence-corrected chi connectivity index (χ4v) is 5.98. The van der Waals surface area contributed by atoms with Gasteiger partial charge in [0.25, 0.3) is 0 Å². The number of esters is 1. The van der Waals surface area contributed by atoms with Crippen LogP contribution in [0.5, 0.6) is 5.75 Å². The van der Waals surface area contributed by atoms with Gasteiger partial charge in [0.15, 0.2) is 11.9 Å². The molecule has 17 heteroatoms. The molecule has 39 heavy (non-hydrogen) atoms. The summed E-state index contributed by atoms with van der Waals surface area (Å²) in [4.78, 5) is 39.1. The molecular formula is C22H26F2N5O8PS. The number of halogens is 2. The zero-order chi connectivity index (χ0) is 29.0. The number of hydrogen-bond acceptors (Lipinski definition) is 10. The molecule has 3 rings (SSSR count). The molecule has 1 aromatic rings. The molecule has 0 saturated carbocycles. The van der Waals surface area contributed by atoms with Gasteiger partial charge < -0.3 is 23.6 Å². The Hall–Kier alpha value is -2.97. The molecule has 212 valence electrons. The van der Waals surface area contributed by atoms with Crippen LogP contribution in [0.25, 0.3) is 10.4 Å². The molecule has 2 heterocycles. The van der Waals surface area contributed by atoms with Gasteiger partial charge in [0.2, 0.25) is 17.9 Å². The number of alkyl halides is 2. The molecular weight excluding hydrogens is 563 g/mol. The Morgan fingerprint density at radius 2 is 2.03 bits per heavy atom. The van der Waals surface area contributed by atoms with E-state index >= 15 is 8.78 Å². The number of carbonyl (C=O) groups excluding carboxylic acids is 3. The van der Waals surface area contributed by atoms with Gasteiger partial charge >= 0.3 is 18.5 Å². The first kappa shape index (κ1) is 30.6. The van der Waals surface area contributed by atoms with Crippen molar-refractivity contribution in [1.82, 2.24) is 9.99 Å². The maximum atomic E-state index is 15.2. The number of nitrogens with zero attached hydrogens (tertiary/aromatic N) is 4. The predicted octanol–water partition coefficient (Wildman–Crippen LogP) is 2.91. The smallest absolute Gasteiger partial charge is 0.323 e. The van der Waals surface area contributed by atoms with Gasteiger partial charge in [-0.05, 0) is 56.3 Å². The van der Waals surface area contributed by atoms with Gasteiger partial charge in [-0.1, -0.05) is 23.3 Å². The highest BCUT2D eigenvalue weighted by atomic mass is 32.5. The van der Waals surface area contributed by atoms with Crippen molar-refractivity contribution in [3.63, 3.8) is 0 Å². The van der Waals surface area contributed by atoms with Crippen LogP contribution in [-0.4, -0.2) is 70.4 Å². The number of benzene rings is 1. The first-order valence-electron chi connectivity index (χ1n) is 11.5. The lowest BCUT2D eigenvalue weighted by Crippen LogP contribution is -2.51. The molecule has 0 radical (unpaired) electrons. The number of aliphatic hydroxyl groups is 1. The van der Waals surface area contributed by atoms with Gasteiger partial charge in [-0.3, -0.25) is 19.3 Å². The molecule has 5 atom stereocenters. The standard InChI is InChI=1S/C22H26F2N5O8PS/c1-13(2)35-18(32)14(3)26-38(39,37-16-7-5-4-6-8-16)34-12-21(27-28-25)19(33)22(23,24)20(36-21)29-10-9-15(30)11-17(29)31/h4-10,13-14,19-20,33H,11-12H2,1-3H3,(H,26,39)/t14?,19-,20-,21-,38?/m1/s1. The average molecular weight is 590 g/mol. The second-order valence-corrected chi connectivity index (χ2v) is 12.0. The number of rotatable bonds is 11. The van der Waals surface area contributed by atoms with Crippen LogP contribution in [0.4, 0.5) is 8.78 Å². The highest BCUT2D eigenvalue weighted by molar-refractivity contribution is 8.09. The summed E-state index contributed by atoms with van der Waals surface area (Å²) >= 11 is 5.52. The Kier molecular flexibility index (Phi) is 9.44. The number of ether oxygens (including phenoxy) is 2. The number of ketones is 1. The first-order chi connectivity index (χ1) is 18.2. The van der Waals surface area contributed by atoms with Crippen molar-refractivity contribution >= 4 is 36.1 Å². The zero-order valence-electron chi connectivity index (χ0n) is 21.0. The molecule has 0 aliphatic carbocycles. The fourth-order valence-electron chi connectivity index (χ4n) is 3.58. The highest BCUT2D eigenvalue weighted by Gasteiger charge is 2.68. The number of para-hydroxylation sites is 1. The van der Waals surface area contributed by atoms with E-state index in [0.717, 1.165) is 12.3 Å². The monoisotopic (exact) mass is 589 g/mol. The molecule has 1 fully saturated rings. The van der Waals surface area contributed by atoms with Gasteiger partial charge in [0, 0.05) is 11.1 Å². The van der Waals surface area contributed by atoms with Crippen LogP contribution in [-0.2, 0) is 40.2 Å². The zero-order valence-corrected chi connectivity index (χ0v) is 22.7. The molecule has 2 aliphatic rings. The van der Waals surface area contributed by atoms with Crippen molar-refractivity contribution in [2.24, 2.45) is 5.11 Å². The molecule has 0 bridgehead atoms. The number of carbonyl (C=O) groups is 3. The molecule has 1 amide bonds. The van der Waals surface area contributed by atoms with E-state index in [9.17, 15) is 19.5 Å². The van der Waals surface area contributed by atoms with Crippen LogP contribution in [0.3, 0.4) is 0 Å². The summed E-state index contributed by atoms with van der Waals surface area (Å²) in [6.07, 6.45) is -4.72. The molecule has 2 N–H and O–H groups in total. The Morgan fingerprint density at radius 1 is 1.36 bits per heavy atom. The quantitative estimate of drug-likeness (QED) is 0.0976. The predicted molar refractivity (Wildman–Crippen MR) is 134 cm³/mol. The molecule has 13 nitrogen and oxygen atoms in total. The summed E-state index contributed by atoms with van der Waals surface area (Å²) in [7, 11) is 0. The number of hydrogen-bond donors (Lipinski definition) is 2. The molecule has 1 aromatic carbocycles. The highest BCUT2D eigenvalue weighted by Crippen LogP contribution is 2.50. The lowest BCUT2D eigenvalue weighted by molar-refractivity contribution is -0.176. The topological polar surface area (TPSA) is 172 Å². The minimum absolute atomic E-state index is 0.195. The molecule has 2 aliphatic heterocycles. The normalized spacial score (nSPS) is 26.6. The maximum Gasteiger partial charge on any atom is 0.323 e. The lowest BCUT2D eigenvalue weighted by atomic mass is 10.0. The number of aliphatic hydroxyl groups excluding tert-OH is 1. The van der Waals surface area contributed by atoms with Gasteiger partial charge in [0.05, 0.1) is 19.1 Å². The Morgan fingerprint density at radius 3 is 2.62 bits per heavy atom. The molecule has 1 saturated heterocycles. The van der Waals surface area contributed by atoms with Gasteiger partial charge in [-0.25, -0.2) is 5.09 Å². The van der Waals surface area contributed by atoms with Crippen LogP contribution in [0.1, 0.15) is 27.2 Å². The second-order valence-electron chi connectivity index (χ2n) is 8.85. The molecule has 0 aromatic heterocycles. The van der Waals surface area contributed by atoms with Gasteiger partial charge in [0.1, 0.15) is 11.8 Å². The summed E-state index contributed by atoms with van der Waals surface area (Å²) < 4.78 is 52.4. The summed E-state index contributed by atoms with van der Waals surface area (Å²) in [5.41, 5.74) is 6.35. The number of allylic oxidation sites excluding steroid dienone is 1. The van der Waals surface area contributed by atoms with E-state index in [0.29, 0.717) is 4.90 Å². The Balaban J connectivity index is 1.92. The summed E-state index contributed by atoms with van der Waals surface area (Å²) in [6, 6.07) is 6.89. The van der Waals surface area contributed by atoms with Gasteiger partial charge in [-0.2, -0.15) is 8.78 Å². The van der Waals surface area contributed by atoms with Crippen LogP contribution < -0.4 is 9.61 Å². The minimum Gasteiger partial charge on any atom is -0.462 e. The van der Waals surface area contributed by atoms with Crippen molar-refractivity contribution in [3.8, 4) is 5.75 Å². The minimum atomic E-state index is -4.18. The molecule has 0 spiro atoms. The van der Waals surface area contributed by atoms with E-state index in [-0.39, 0.29) is 5.75 Å². The fraction of sp³-hybridized carbons (Fsp3) is 0.500. The lowest BCUT2D eigenvalue weighted by Gasteiger charge is -2.32. The van der Waals surface area contributed by atoms with E-state index in [1.54, 1.807) is 32.0 Å². The summed E-state index contributed by atoms with van der Waals surface area (Å²) in [6.45, 7) is -0.224. The number of nitrogens with one attached hydrogen (secondary N) is 1. The summed E-state index contributed by atoms with van der Waals surface area (Å²) in [5, 5.41) is 16.5. The largest absolute Gasteiger partial charge is 0.462 e. The van der Waals surface area contributed by atoms with Crippen LogP contribution in [0, 0.1) is 0 Å². The SMILES string of the molecule is CC(C)OC(=O)C(C)NP(=S)(OC[C@@]1(N=[N+]=[N-])O[C@@H](N2C=CC(=O)CC2=O)C(F)(F)[C@@H]1O)Oc1ccccc1. The summed E-state index contributed by atoms with van der Waals surface area (Å²) in [5.74, 6) is -6.33. The Labute approximate surface area is 226 Å². The van der Waals surface area contributed by atoms with Crippen molar-refractivity contribution in [2.45, 2.75) is 63.3 Å². The first-order valence-corrected chi connectivity index (χ1v) is 14.2. The maximum absolute atomic E-state index is 15.2. The average Bonchev–Trinajstić information content (AvgIpc) is 3.04. The number of amides is 1. The van der Waals surface area contributed by atoms with E-state index in [2.05, 4.69) is 15.1 Å². The van der Waals surface area contributed by atoms with Crippen LogP contribution in [0.15, 0.2) is 47.7 Å². The second kappa shape index (κ2) is 12.0. The molecule has 2 unspecified atom stereocenters. The van der Waals surface area contributed by atoms with E-state index < -0.39 is 73.5 Å². The Bertz CT molecular complexity index is 1230.